The molecule has 1 atom stereocenters. The van der Waals surface area contributed by atoms with Crippen LogP contribution in [0.5, 0.6) is 0 Å². The van der Waals surface area contributed by atoms with E-state index in [-0.39, 0.29) is 24.4 Å². The molecule has 2 aromatic carbocycles. The van der Waals surface area contributed by atoms with E-state index in [2.05, 4.69) is 46.8 Å². The highest BCUT2D eigenvalue weighted by molar-refractivity contribution is 7.13. The molecule has 2 heterocycles. The van der Waals surface area contributed by atoms with Gasteiger partial charge in [-0.05, 0) is 43.1 Å². The summed E-state index contributed by atoms with van der Waals surface area (Å²) in [5.74, 6) is -0.539. The molecule has 0 radical (unpaired) electrons. The Bertz CT molecular complexity index is 992. The number of aromatic nitrogens is 1. The maximum absolute atomic E-state index is 12.5. The summed E-state index contributed by atoms with van der Waals surface area (Å²) in [6.45, 7) is 9.46. The molecule has 0 saturated carbocycles. The number of carbonyl (C=O) groups is 2. The molecular weight excluding hydrogens is 469 g/mol. The number of thiazole rings is 1. The molecule has 3 N–H and O–H groups in total. The molecule has 1 amide bonds. The maximum Gasteiger partial charge on any atom is 0.404 e. The molecule has 4 rings (SSSR count). The Morgan fingerprint density at radius 1 is 1.23 bits per heavy atom. The van der Waals surface area contributed by atoms with Gasteiger partial charge >= 0.3 is 12.1 Å². The molecule has 9 heteroatoms. The molecule has 1 fully saturated rings. The second-order valence-corrected chi connectivity index (χ2v) is 8.13. The summed E-state index contributed by atoms with van der Waals surface area (Å²) in [7, 11) is 0. The largest absolute Gasteiger partial charge is 0.465 e. The van der Waals surface area contributed by atoms with E-state index in [0.29, 0.717) is 5.56 Å². The number of amides is 1. The number of carbonyl (C=O) groups excluding carboxylic acids is 1. The monoisotopic (exact) mass is 503 g/mol. The first-order chi connectivity index (χ1) is 16.8. The van der Waals surface area contributed by atoms with Crippen LogP contribution in [-0.2, 0) is 16.1 Å². The second-order valence-electron chi connectivity index (χ2n) is 7.24. The molecule has 0 bridgehead atoms. The molecule has 7 nitrogen and oxygen atoms in total. The molecule has 1 saturated heterocycles. The molecule has 1 aromatic heterocycles. The van der Waals surface area contributed by atoms with Crippen molar-refractivity contribution in [2.75, 3.05) is 13.1 Å². The van der Waals surface area contributed by atoms with Crippen molar-refractivity contribution in [2.24, 2.45) is 0 Å². The van der Waals surface area contributed by atoms with E-state index in [4.69, 9.17) is 9.84 Å². The third kappa shape index (κ3) is 13.2. The topological polar surface area (TPSA) is 101 Å². The summed E-state index contributed by atoms with van der Waals surface area (Å²) < 4.78 is 17.4. The van der Waals surface area contributed by atoms with Crippen molar-refractivity contribution in [2.45, 2.75) is 46.8 Å². The Morgan fingerprint density at radius 3 is 2.46 bits per heavy atom. The number of benzene rings is 2. The zero-order chi connectivity index (χ0) is 26.1. The van der Waals surface area contributed by atoms with Gasteiger partial charge < -0.3 is 20.5 Å². The Hall–Kier alpha value is -3.30. The number of aryl methyl sites for hydroxylation is 1. The molecule has 35 heavy (non-hydrogen) atoms. The van der Waals surface area contributed by atoms with Crippen LogP contribution in [0.3, 0.4) is 0 Å². The quantitative estimate of drug-likeness (QED) is 0.398. The summed E-state index contributed by atoms with van der Waals surface area (Å²) >= 11 is 1.67. The van der Waals surface area contributed by atoms with Crippen molar-refractivity contribution in [3.05, 3.63) is 77.2 Å². The van der Waals surface area contributed by atoms with Gasteiger partial charge in [0.15, 0.2) is 0 Å². The number of rotatable bonds is 4. The minimum atomic E-state index is -1.11. The van der Waals surface area contributed by atoms with Crippen LogP contribution < -0.4 is 10.6 Å². The zero-order valence-corrected chi connectivity index (χ0v) is 21.4. The summed E-state index contributed by atoms with van der Waals surface area (Å²) in [4.78, 5) is 25.7. The number of nitrogens with zero attached hydrogens (tertiary/aromatic N) is 1. The first-order valence-corrected chi connectivity index (χ1v) is 12.3. The van der Waals surface area contributed by atoms with Crippen molar-refractivity contribution < 1.29 is 23.8 Å². The van der Waals surface area contributed by atoms with E-state index >= 15 is 0 Å². The Labute approximate surface area is 210 Å². The molecule has 1 aliphatic rings. The van der Waals surface area contributed by atoms with Crippen molar-refractivity contribution in [3.8, 4) is 10.4 Å². The highest BCUT2D eigenvalue weighted by atomic mass is 32.1. The lowest BCUT2D eigenvalue weighted by atomic mass is 10.1. The van der Waals surface area contributed by atoms with Gasteiger partial charge in [-0.2, -0.15) is 0 Å². The van der Waals surface area contributed by atoms with E-state index in [1.807, 2.05) is 25.6 Å². The van der Waals surface area contributed by atoms with Gasteiger partial charge in [0, 0.05) is 26.2 Å². The van der Waals surface area contributed by atoms with Gasteiger partial charge in [0.05, 0.1) is 10.4 Å². The number of hydrogen-bond donors (Lipinski definition) is 3. The van der Waals surface area contributed by atoms with Gasteiger partial charge in [0.2, 0.25) is 0 Å². The SMILES string of the molecule is CC.CC(=O)OC1CCNC1.Cc1ccc(-c2cncs2)cc1.O=C(O)NCc1cccc(F)c1. The minimum absolute atomic E-state index is 0.127. The molecule has 190 valence electrons. The summed E-state index contributed by atoms with van der Waals surface area (Å²) in [5, 5.41) is 13.5. The van der Waals surface area contributed by atoms with E-state index < -0.39 is 6.09 Å². The number of esters is 1. The Morgan fingerprint density at radius 2 is 1.94 bits per heavy atom. The van der Waals surface area contributed by atoms with Crippen LogP contribution in [0.15, 0.2) is 60.2 Å². The maximum atomic E-state index is 12.5. The average Bonchev–Trinajstić information content (AvgIpc) is 3.55. The standard InChI is InChI=1S/C10H9NS.C8H8FNO2.C6H11NO2.C2H6/c1-8-2-4-9(5-3-8)10-6-11-7-12-10;9-7-3-1-2-6(4-7)5-10-8(11)12;1-5(8)9-6-2-3-7-4-6;1-2/h2-7H,1H3;1-4,10H,5H2,(H,11,12);6-7H,2-4H2,1H3;1-2H3. The molecule has 1 aliphatic heterocycles. The van der Waals surface area contributed by atoms with Crippen LogP contribution in [-0.4, -0.2) is 41.3 Å². The molecule has 0 aliphatic carbocycles. The van der Waals surface area contributed by atoms with Crippen LogP contribution in [0.2, 0.25) is 0 Å². The van der Waals surface area contributed by atoms with Gasteiger partial charge in [-0.15, -0.1) is 11.3 Å². The minimum Gasteiger partial charge on any atom is -0.465 e. The summed E-state index contributed by atoms with van der Waals surface area (Å²) in [6.07, 6.45) is 1.87. The molecule has 3 aromatic rings. The number of hydrogen-bond acceptors (Lipinski definition) is 6. The first kappa shape index (κ1) is 29.7. The summed E-state index contributed by atoms with van der Waals surface area (Å²) in [5.41, 5.74) is 5.01. The molecule has 0 spiro atoms. The fraction of sp³-hybridized carbons (Fsp3) is 0.346. The van der Waals surface area contributed by atoms with Crippen molar-refractivity contribution in [3.63, 3.8) is 0 Å². The van der Waals surface area contributed by atoms with E-state index in [0.717, 1.165) is 19.5 Å². The van der Waals surface area contributed by atoms with Gasteiger partial charge in [-0.1, -0.05) is 55.8 Å². The third-order valence-electron chi connectivity index (χ3n) is 4.45. The van der Waals surface area contributed by atoms with Crippen LogP contribution >= 0.6 is 11.3 Å². The van der Waals surface area contributed by atoms with Crippen LogP contribution in [0.1, 0.15) is 38.3 Å². The molecule has 1 unspecified atom stereocenters. The highest BCUT2D eigenvalue weighted by Crippen LogP contribution is 2.22. The highest BCUT2D eigenvalue weighted by Gasteiger charge is 2.16. The smallest absolute Gasteiger partial charge is 0.404 e. The fourth-order valence-electron chi connectivity index (χ4n) is 2.86. The van der Waals surface area contributed by atoms with E-state index in [1.54, 1.807) is 17.4 Å². The lowest BCUT2D eigenvalue weighted by Crippen LogP contribution is -2.19. The van der Waals surface area contributed by atoms with E-state index in [9.17, 15) is 14.0 Å². The average molecular weight is 504 g/mol. The van der Waals surface area contributed by atoms with Crippen LogP contribution in [0.4, 0.5) is 9.18 Å². The van der Waals surface area contributed by atoms with Crippen LogP contribution in [0, 0.1) is 12.7 Å². The van der Waals surface area contributed by atoms with Gasteiger partial charge in [0.25, 0.3) is 0 Å². The second kappa shape index (κ2) is 17.2. The third-order valence-corrected chi connectivity index (χ3v) is 5.27. The van der Waals surface area contributed by atoms with Crippen molar-refractivity contribution in [1.29, 1.82) is 0 Å². The van der Waals surface area contributed by atoms with Gasteiger partial charge in [-0.25, -0.2) is 9.18 Å². The van der Waals surface area contributed by atoms with Crippen molar-refractivity contribution in [1.82, 2.24) is 15.6 Å². The normalized spacial score (nSPS) is 13.6. The lowest BCUT2D eigenvalue weighted by Gasteiger charge is -2.06. The van der Waals surface area contributed by atoms with E-state index in [1.165, 1.54) is 41.1 Å². The molecular formula is C26H34FN3O4S. The first-order valence-electron chi connectivity index (χ1n) is 11.4. The fourth-order valence-corrected chi connectivity index (χ4v) is 3.49. The Kier molecular flexibility index (Phi) is 14.6. The number of halogens is 1. The van der Waals surface area contributed by atoms with Gasteiger partial charge in [0.1, 0.15) is 11.9 Å². The number of carboxylic acid groups (broad SMARTS) is 1. The Balaban J connectivity index is 0.000000256. The predicted molar refractivity (Wildman–Crippen MR) is 138 cm³/mol. The van der Waals surface area contributed by atoms with Crippen LogP contribution in [0.25, 0.3) is 10.4 Å². The zero-order valence-electron chi connectivity index (χ0n) is 20.6. The number of nitrogens with one attached hydrogen (secondary N) is 2. The van der Waals surface area contributed by atoms with Crippen molar-refractivity contribution >= 4 is 23.4 Å². The number of ether oxygens (including phenoxy) is 1. The predicted octanol–water partition coefficient (Wildman–Crippen LogP) is 5.65. The van der Waals surface area contributed by atoms with Gasteiger partial charge in [-0.3, -0.25) is 9.78 Å². The summed E-state index contributed by atoms with van der Waals surface area (Å²) in [6, 6.07) is 14.3. The lowest BCUT2D eigenvalue weighted by molar-refractivity contribution is -0.145.